The molecule has 1 saturated carbocycles. The molecule has 152 valence electrons. The summed E-state index contributed by atoms with van der Waals surface area (Å²) in [6.07, 6.45) is 2.30. The van der Waals surface area contributed by atoms with Gasteiger partial charge >= 0.3 is 6.09 Å². The SMILES string of the molecule is CC(C)(C)OC(=O)N1c2ccccc2[C@@]2(C)C/C(=C/Oc3ccc(Br)cc3)[C@@]12C. The fourth-order valence-electron chi connectivity index (χ4n) is 4.49. The van der Waals surface area contributed by atoms with Crippen molar-refractivity contribution in [1.29, 1.82) is 0 Å². The van der Waals surface area contributed by atoms with Crippen LogP contribution in [0.25, 0.3) is 0 Å². The van der Waals surface area contributed by atoms with Crippen molar-refractivity contribution in [2.24, 2.45) is 0 Å². The monoisotopic (exact) mass is 455 g/mol. The number of hydrogen-bond acceptors (Lipinski definition) is 3. The van der Waals surface area contributed by atoms with Crippen LogP contribution in [0.3, 0.4) is 0 Å². The molecule has 0 unspecified atom stereocenters. The molecule has 0 aromatic heterocycles. The Morgan fingerprint density at radius 2 is 1.76 bits per heavy atom. The van der Waals surface area contributed by atoms with E-state index in [-0.39, 0.29) is 11.5 Å². The maximum absolute atomic E-state index is 13.2. The Morgan fingerprint density at radius 3 is 2.41 bits per heavy atom. The van der Waals surface area contributed by atoms with Crippen LogP contribution in [0, 0.1) is 0 Å². The Kier molecular flexibility index (Phi) is 4.57. The number of amides is 1. The molecule has 2 aromatic carbocycles. The molecular weight excluding hydrogens is 430 g/mol. The first-order valence-corrected chi connectivity index (χ1v) is 10.6. The molecule has 4 nitrogen and oxygen atoms in total. The molecule has 0 N–H and O–H groups in total. The first-order chi connectivity index (χ1) is 13.6. The summed E-state index contributed by atoms with van der Waals surface area (Å²) in [6, 6.07) is 15.8. The highest BCUT2D eigenvalue weighted by molar-refractivity contribution is 9.10. The summed E-state index contributed by atoms with van der Waals surface area (Å²) in [7, 11) is 0. The molecule has 0 saturated heterocycles. The van der Waals surface area contributed by atoms with Crippen molar-refractivity contribution in [2.75, 3.05) is 4.90 Å². The van der Waals surface area contributed by atoms with E-state index < -0.39 is 11.1 Å². The van der Waals surface area contributed by atoms with Crippen molar-refractivity contribution in [3.05, 3.63) is 70.4 Å². The predicted octanol–water partition coefficient (Wildman–Crippen LogP) is 6.59. The summed E-state index contributed by atoms with van der Waals surface area (Å²) < 4.78 is 12.7. The quantitative estimate of drug-likeness (QED) is 0.479. The average Bonchev–Trinajstić information content (AvgIpc) is 2.79. The third kappa shape index (κ3) is 3.07. The normalized spacial score (nSPS) is 26.6. The molecule has 0 bridgehead atoms. The van der Waals surface area contributed by atoms with E-state index in [1.165, 1.54) is 5.56 Å². The zero-order chi connectivity index (χ0) is 21.0. The van der Waals surface area contributed by atoms with E-state index in [9.17, 15) is 4.79 Å². The molecule has 2 aromatic rings. The van der Waals surface area contributed by atoms with Crippen molar-refractivity contribution >= 4 is 27.7 Å². The number of anilines is 1. The van der Waals surface area contributed by atoms with E-state index in [1.807, 2.05) is 68.1 Å². The van der Waals surface area contributed by atoms with E-state index in [1.54, 1.807) is 6.26 Å². The first kappa shape index (κ1) is 20.0. The Bertz CT molecular complexity index is 992. The van der Waals surface area contributed by atoms with Crippen molar-refractivity contribution in [1.82, 2.24) is 0 Å². The first-order valence-electron chi connectivity index (χ1n) is 9.81. The lowest BCUT2D eigenvalue weighted by Gasteiger charge is -2.56. The van der Waals surface area contributed by atoms with Gasteiger partial charge in [0.1, 0.15) is 11.4 Å². The highest BCUT2D eigenvalue weighted by Gasteiger charge is 2.68. The molecule has 1 heterocycles. The van der Waals surface area contributed by atoms with Crippen LogP contribution >= 0.6 is 15.9 Å². The zero-order valence-electron chi connectivity index (χ0n) is 17.5. The van der Waals surface area contributed by atoms with Crippen LogP contribution in [0.1, 0.15) is 46.6 Å². The van der Waals surface area contributed by atoms with Gasteiger partial charge in [-0.05, 0) is 75.6 Å². The van der Waals surface area contributed by atoms with Crippen LogP contribution in [-0.4, -0.2) is 17.2 Å². The number of halogens is 1. The molecule has 1 aliphatic heterocycles. The van der Waals surface area contributed by atoms with Crippen molar-refractivity contribution in [2.45, 2.75) is 57.6 Å². The Hall–Kier alpha value is -2.27. The van der Waals surface area contributed by atoms with Gasteiger partial charge in [0.05, 0.1) is 17.5 Å². The van der Waals surface area contributed by atoms with Crippen LogP contribution in [0.4, 0.5) is 10.5 Å². The second-order valence-corrected chi connectivity index (χ2v) is 10.0. The van der Waals surface area contributed by atoms with E-state index >= 15 is 0 Å². The van der Waals surface area contributed by atoms with E-state index in [0.29, 0.717) is 0 Å². The Balaban J connectivity index is 1.72. The second-order valence-electron chi connectivity index (χ2n) is 9.13. The van der Waals surface area contributed by atoms with Gasteiger partial charge in [-0.3, -0.25) is 4.90 Å². The summed E-state index contributed by atoms with van der Waals surface area (Å²) in [6.45, 7) is 10.00. The molecule has 0 spiro atoms. The van der Waals surface area contributed by atoms with Crippen molar-refractivity contribution < 1.29 is 14.3 Å². The van der Waals surface area contributed by atoms with Gasteiger partial charge < -0.3 is 9.47 Å². The lowest BCUT2D eigenvalue weighted by molar-refractivity contribution is 0.0503. The minimum absolute atomic E-state index is 0.185. The minimum Gasteiger partial charge on any atom is -0.465 e. The molecule has 2 aliphatic rings. The summed E-state index contributed by atoms with van der Waals surface area (Å²) in [4.78, 5) is 15.1. The number of carbonyl (C=O) groups excluding carboxylic acids is 1. The topological polar surface area (TPSA) is 38.8 Å². The summed E-state index contributed by atoms with van der Waals surface area (Å²) in [5.41, 5.74) is 1.88. The highest BCUT2D eigenvalue weighted by Crippen LogP contribution is 2.65. The molecule has 5 heteroatoms. The maximum Gasteiger partial charge on any atom is 0.415 e. The number of para-hydroxylation sites is 1. The molecule has 4 rings (SSSR count). The lowest BCUT2D eigenvalue weighted by Crippen LogP contribution is -2.66. The van der Waals surface area contributed by atoms with Gasteiger partial charge in [0.15, 0.2) is 0 Å². The number of nitrogens with zero attached hydrogens (tertiary/aromatic N) is 1. The predicted molar refractivity (Wildman–Crippen MR) is 118 cm³/mol. The van der Waals surface area contributed by atoms with E-state index in [2.05, 4.69) is 35.8 Å². The number of benzene rings is 2. The van der Waals surface area contributed by atoms with Gasteiger partial charge in [-0.25, -0.2) is 4.79 Å². The van der Waals surface area contributed by atoms with Gasteiger partial charge in [0.25, 0.3) is 0 Å². The third-order valence-electron chi connectivity index (χ3n) is 6.16. The van der Waals surface area contributed by atoms with E-state index in [4.69, 9.17) is 9.47 Å². The Labute approximate surface area is 180 Å². The lowest BCUT2D eigenvalue weighted by atomic mass is 9.52. The molecule has 2 atom stereocenters. The molecule has 1 fully saturated rings. The molecular formula is C24H26BrNO3. The summed E-state index contributed by atoms with van der Waals surface area (Å²) in [5, 5.41) is 0. The number of carbonyl (C=O) groups is 1. The average molecular weight is 456 g/mol. The molecule has 0 radical (unpaired) electrons. The smallest absolute Gasteiger partial charge is 0.415 e. The van der Waals surface area contributed by atoms with Gasteiger partial charge in [0, 0.05) is 9.89 Å². The molecule has 29 heavy (non-hydrogen) atoms. The van der Waals surface area contributed by atoms with Crippen LogP contribution < -0.4 is 9.64 Å². The largest absolute Gasteiger partial charge is 0.465 e. The van der Waals surface area contributed by atoms with Crippen LogP contribution in [0.2, 0.25) is 0 Å². The molecule has 1 aliphatic carbocycles. The van der Waals surface area contributed by atoms with Crippen molar-refractivity contribution in [3.63, 3.8) is 0 Å². The van der Waals surface area contributed by atoms with Gasteiger partial charge in [-0.1, -0.05) is 41.1 Å². The minimum atomic E-state index is -0.567. The number of fused-ring (bicyclic) bond motifs is 3. The van der Waals surface area contributed by atoms with Crippen LogP contribution in [0.5, 0.6) is 5.75 Å². The maximum atomic E-state index is 13.2. The highest BCUT2D eigenvalue weighted by atomic mass is 79.9. The number of ether oxygens (including phenoxy) is 2. The Morgan fingerprint density at radius 1 is 1.10 bits per heavy atom. The van der Waals surface area contributed by atoms with Gasteiger partial charge in [-0.15, -0.1) is 0 Å². The number of rotatable bonds is 2. The van der Waals surface area contributed by atoms with E-state index in [0.717, 1.165) is 27.9 Å². The van der Waals surface area contributed by atoms with Crippen LogP contribution in [-0.2, 0) is 10.2 Å². The van der Waals surface area contributed by atoms with Gasteiger partial charge in [-0.2, -0.15) is 0 Å². The fourth-order valence-corrected chi connectivity index (χ4v) is 4.76. The zero-order valence-corrected chi connectivity index (χ0v) is 19.0. The third-order valence-corrected chi connectivity index (χ3v) is 6.69. The summed E-state index contributed by atoms with van der Waals surface area (Å²) in [5.74, 6) is 0.761. The fraction of sp³-hybridized carbons (Fsp3) is 0.375. The molecule has 1 amide bonds. The number of hydrogen-bond donors (Lipinski definition) is 0. The van der Waals surface area contributed by atoms with Crippen LogP contribution in [0.15, 0.2) is 64.8 Å². The standard InChI is InChI=1S/C24H26BrNO3/c1-22(2,3)29-21(27)26-20-9-7-6-8-19(20)23(4)14-16(24(23,26)5)15-28-18-12-10-17(25)11-13-18/h6-13,15H,14H2,1-5H3/b16-15-/t23-,24-/m1/s1. The summed E-state index contributed by atoms with van der Waals surface area (Å²) >= 11 is 3.44. The van der Waals surface area contributed by atoms with Crippen molar-refractivity contribution in [3.8, 4) is 5.75 Å². The van der Waals surface area contributed by atoms with Gasteiger partial charge in [0.2, 0.25) is 0 Å². The second kappa shape index (κ2) is 6.63.